The second-order valence-electron chi connectivity index (χ2n) is 8.32. The van der Waals surface area contributed by atoms with Crippen LogP contribution in [0.4, 0.5) is 0 Å². The number of carboxylic acids is 2. The first kappa shape index (κ1) is 31.2. The van der Waals surface area contributed by atoms with Crippen LogP contribution in [0.15, 0.2) is 0 Å². The first-order chi connectivity index (χ1) is 15.8. The van der Waals surface area contributed by atoms with Crippen LogP contribution >= 0.6 is 0 Å². The van der Waals surface area contributed by atoms with Gasteiger partial charge in [-0.1, -0.05) is 20.3 Å². The number of hydrogen-bond acceptors (Lipinski definition) is 8. The molecule has 13 heteroatoms. The lowest BCUT2D eigenvalue weighted by Crippen LogP contribution is -2.58. The van der Waals surface area contributed by atoms with Crippen LogP contribution in [0.3, 0.4) is 0 Å². The topological polar surface area (TPSA) is 234 Å². The third kappa shape index (κ3) is 11.4. The number of hydrogen-bond donors (Lipinski definition) is 8. The molecule has 0 aliphatic rings. The molecular weight excluding hydrogens is 450 g/mol. The third-order valence-electron chi connectivity index (χ3n) is 5.46. The molecule has 0 rings (SSSR count). The molecule has 0 heterocycles. The van der Waals surface area contributed by atoms with Crippen LogP contribution in [0.5, 0.6) is 0 Å². The van der Waals surface area contributed by atoms with Gasteiger partial charge in [-0.05, 0) is 45.1 Å². The van der Waals surface area contributed by atoms with Gasteiger partial charge in [-0.2, -0.15) is 0 Å². The van der Waals surface area contributed by atoms with Gasteiger partial charge in [0.2, 0.25) is 17.7 Å². The van der Waals surface area contributed by atoms with Gasteiger partial charge in [0.15, 0.2) is 0 Å². The third-order valence-corrected chi connectivity index (χ3v) is 5.46. The number of unbranched alkanes of at least 4 members (excludes halogenated alkanes) is 1. The van der Waals surface area contributed by atoms with Crippen molar-refractivity contribution >= 4 is 29.7 Å². The number of aliphatic hydroxyl groups is 1. The van der Waals surface area contributed by atoms with Crippen molar-refractivity contribution in [3.05, 3.63) is 0 Å². The van der Waals surface area contributed by atoms with E-state index in [4.69, 9.17) is 16.6 Å². The minimum Gasteiger partial charge on any atom is -0.481 e. The fraction of sp³-hybridized carbons (Fsp3) is 0.762. The lowest BCUT2D eigenvalue weighted by atomic mass is 9.98. The summed E-state index contributed by atoms with van der Waals surface area (Å²) in [5, 5.41) is 35.2. The van der Waals surface area contributed by atoms with Crippen LogP contribution in [0, 0.1) is 5.92 Å². The Bertz CT molecular complexity index is 703. The van der Waals surface area contributed by atoms with E-state index < -0.39 is 72.3 Å². The maximum Gasteiger partial charge on any atom is 0.326 e. The molecule has 6 unspecified atom stereocenters. The van der Waals surface area contributed by atoms with Crippen LogP contribution < -0.4 is 27.4 Å². The number of nitrogens with two attached hydrogens (primary N) is 2. The molecule has 0 saturated carbocycles. The van der Waals surface area contributed by atoms with E-state index in [1.165, 1.54) is 6.92 Å². The van der Waals surface area contributed by atoms with Gasteiger partial charge in [0.25, 0.3) is 0 Å². The average Bonchev–Trinajstić information content (AvgIpc) is 2.77. The van der Waals surface area contributed by atoms with Gasteiger partial charge < -0.3 is 42.7 Å². The van der Waals surface area contributed by atoms with Crippen molar-refractivity contribution in [3.63, 3.8) is 0 Å². The van der Waals surface area contributed by atoms with E-state index in [2.05, 4.69) is 16.0 Å². The molecule has 13 nitrogen and oxygen atoms in total. The lowest BCUT2D eigenvalue weighted by Gasteiger charge is -2.26. The minimum atomic E-state index is -1.35. The van der Waals surface area contributed by atoms with Crippen LogP contribution in [-0.2, 0) is 24.0 Å². The number of carbonyl (C=O) groups is 5. The van der Waals surface area contributed by atoms with Crippen molar-refractivity contribution < 1.29 is 39.3 Å². The van der Waals surface area contributed by atoms with Gasteiger partial charge in [0, 0.05) is 6.42 Å². The number of aliphatic carboxylic acids is 2. The summed E-state index contributed by atoms with van der Waals surface area (Å²) < 4.78 is 0. The predicted octanol–water partition coefficient (Wildman–Crippen LogP) is -1.73. The SMILES string of the molecule is CCC(C)C(NC(=O)C(CCC(=O)O)NC(=O)C(CCCCN)NC(=O)C(N)C(C)O)C(=O)O. The van der Waals surface area contributed by atoms with Gasteiger partial charge in [-0.15, -0.1) is 0 Å². The Hall–Kier alpha value is -2.77. The molecule has 0 aromatic rings. The Labute approximate surface area is 199 Å². The molecule has 0 fully saturated rings. The Balaban J connectivity index is 5.62. The Morgan fingerprint density at radius 2 is 1.38 bits per heavy atom. The Morgan fingerprint density at radius 1 is 0.853 bits per heavy atom. The van der Waals surface area contributed by atoms with E-state index in [0.29, 0.717) is 25.8 Å². The number of aliphatic hydroxyl groups excluding tert-OH is 1. The van der Waals surface area contributed by atoms with Crippen molar-refractivity contribution in [3.8, 4) is 0 Å². The standard InChI is InChI=1S/C21H39N5O8/c1-4-11(2)17(21(33)34)26-19(31)14(8-9-15(28)29)24-18(30)13(7-5-6-10-22)25-20(32)16(23)12(3)27/h11-14,16-17,27H,4-10,22-23H2,1-3H3,(H,24,30)(H,25,32)(H,26,31)(H,28,29)(H,33,34). The van der Waals surface area contributed by atoms with E-state index in [1.54, 1.807) is 13.8 Å². The number of nitrogens with one attached hydrogen (secondary N) is 3. The zero-order valence-electron chi connectivity index (χ0n) is 20.0. The predicted molar refractivity (Wildman–Crippen MR) is 122 cm³/mol. The highest BCUT2D eigenvalue weighted by Gasteiger charge is 2.32. The molecule has 3 amide bonds. The maximum atomic E-state index is 12.9. The summed E-state index contributed by atoms with van der Waals surface area (Å²) >= 11 is 0. The van der Waals surface area contributed by atoms with E-state index >= 15 is 0 Å². The maximum absolute atomic E-state index is 12.9. The van der Waals surface area contributed by atoms with E-state index in [1.807, 2.05) is 0 Å². The summed E-state index contributed by atoms with van der Waals surface area (Å²) in [6, 6.07) is -5.00. The monoisotopic (exact) mass is 489 g/mol. The van der Waals surface area contributed by atoms with Crippen LogP contribution in [0.2, 0.25) is 0 Å². The summed E-state index contributed by atoms with van der Waals surface area (Å²) in [6.07, 6.45) is -0.301. The smallest absolute Gasteiger partial charge is 0.326 e. The van der Waals surface area contributed by atoms with Gasteiger partial charge in [-0.25, -0.2) is 4.79 Å². The number of amides is 3. The zero-order chi connectivity index (χ0) is 26.4. The molecule has 0 radical (unpaired) electrons. The van der Waals surface area contributed by atoms with Gasteiger partial charge >= 0.3 is 11.9 Å². The second-order valence-corrected chi connectivity index (χ2v) is 8.32. The normalized spacial score (nSPS) is 16.3. The molecule has 0 aromatic carbocycles. The lowest BCUT2D eigenvalue weighted by molar-refractivity contribution is -0.144. The molecule has 0 spiro atoms. The number of rotatable bonds is 17. The largest absolute Gasteiger partial charge is 0.481 e. The molecule has 0 saturated heterocycles. The highest BCUT2D eigenvalue weighted by atomic mass is 16.4. The van der Waals surface area contributed by atoms with Gasteiger partial charge in [0.05, 0.1) is 6.10 Å². The molecule has 0 bridgehead atoms. The molecule has 196 valence electrons. The van der Waals surface area contributed by atoms with Crippen molar-refractivity contribution in [1.29, 1.82) is 0 Å². The summed E-state index contributed by atoms with van der Waals surface area (Å²) in [7, 11) is 0. The summed E-state index contributed by atoms with van der Waals surface area (Å²) in [5.41, 5.74) is 11.1. The molecule has 0 aliphatic heterocycles. The average molecular weight is 490 g/mol. The first-order valence-corrected chi connectivity index (χ1v) is 11.3. The highest BCUT2D eigenvalue weighted by molar-refractivity contribution is 5.94. The van der Waals surface area contributed by atoms with E-state index in [-0.39, 0.29) is 12.8 Å². The fourth-order valence-electron chi connectivity index (χ4n) is 2.99. The Kier molecular flexibility index (Phi) is 14.7. The second kappa shape index (κ2) is 16.0. The highest BCUT2D eigenvalue weighted by Crippen LogP contribution is 2.10. The molecule has 10 N–H and O–H groups in total. The molecule has 0 aliphatic carbocycles. The van der Waals surface area contributed by atoms with Crippen molar-refractivity contribution in [2.45, 2.75) is 89.6 Å². The number of carbonyl (C=O) groups excluding carboxylic acids is 3. The summed E-state index contributed by atoms with van der Waals surface area (Å²) in [4.78, 5) is 60.6. The summed E-state index contributed by atoms with van der Waals surface area (Å²) in [5.74, 6) is -5.29. The first-order valence-electron chi connectivity index (χ1n) is 11.3. The Morgan fingerprint density at radius 3 is 1.85 bits per heavy atom. The molecule has 6 atom stereocenters. The molecule has 0 aromatic heterocycles. The van der Waals surface area contributed by atoms with Gasteiger partial charge in [0.1, 0.15) is 24.2 Å². The molecule has 34 heavy (non-hydrogen) atoms. The van der Waals surface area contributed by atoms with Crippen LogP contribution in [0.25, 0.3) is 0 Å². The summed E-state index contributed by atoms with van der Waals surface area (Å²) in [6.45, 7) is 5.06. The van der Waals surface area contributed by atoms with E-state index in [9.17, 15) is 34.2 Å². The fourth-order valence-corrected chi connectivity index (χ4v) is 2.99. The molecular formula is C21H39N5O8. The number of carboxylic acid groups (broad SMARTS) is 2. The van der Waals surface area contributed by atoms with Crippen molar-refractivity contribution in [2.24, 2.45) is 17.4 Å². The quantitative estimate of drug-likeness (QED) is 0.107. The van der Waals surface area contributed by atoms with Gasteiger partial charge in [-0.3, -0.25) is 19.2 Å². The van der Waals surface area contributed by atoms with Crippen LogP contribution in [-0.4, -0.2) is 81.8 Å². The zero-order valence-corrected chi connectivity index (χ0v) is 20.0. The van der Waals surface area contributed by atoms with Crippen molar-refractivity contribution in [2.75, 3.05) is 6.54 Å². The van der Waals surface area contributed by atoms with E-state index in [0.717, 1.165) is 0 Å². The van der Waals surface area contributed by atoms with Crippen molar-refractivity contribution in [1.82, 2.24) is 16.0 Å². The minimum absolute atomic E-state index is 0.152. The van der Waals surface area contributed by atoms with Crippen LogP contribution in [0.1, 0.15) is 59.3 Å².